The van der Waals surface area contributed by atoms with Gasteiger partial charge in [-0.15, -0.1) is 0 Å². The van der Waals surface area contributed by atoms with Crippen LogP contribution in [0.2, 0.25) is 0 Å². The van der Waals surface area contributed by atoms with E-state index in [0.717, 1.165) is 25.2 Å². The summed E-state index contributed by atoms with van der Waals surface area (Å²) >= 11 is 0. The van der Waals surface area contributed by atoms with E-state index in [2.05, 4.69) is 24.1 Å². The van der Waals surface area contributed by atoms with E-state index in [1.807, 2.05) is 6.07 Å². The summed E-state index contributed by atoms with van der Waals surface area (Å²) in [6, 6.07) is 5.53. The Morgan fingerprint density at radius 2 is 2.21 bits per heavy atom. The molecular formula is C15H24N2O2. The van der Waals surface area contributed by atoms with Gasteiger partial charge in [-0.2, -0.15) is 0 Å². The number of phenols is 2. The van der Waals surface area contributed by atoms with E-state index in [1.54, 1.807) is 6.07 Å². The van der Waals surface area contributed by atoms with E-state index in [0.29, 0.717) is 6.04 Å². The maximum Gasteiger partial charge on any atom is 0.124 e. The molecule has 0 radical (unpaired) electrons. The molecule has 0 aromatic heterocycles. The fraction of sp³-hybridized carbons (Fsp3) is 0.600. The highest BCUT2D eigenvalue weighted by Crippen LogP contribution is 2.32. The van der Waals surface area contributed by atoms with E-state index in [9.17, 15) is 10.2 Å². The van der Waals surface area contributed by atoms with Crippen LogP contribution in [0.1, 0.15) is 38.3 Å². The van der Waals surface area contributed by atoms with E-state index in [1.165, 1.54) is 18.9 Å². The minimum absolute atomic E-state index is 0.107. The van der Waals surface area contributed by atoms with Crippen molar-refractivity contribution in [1.82, 2.24) is 10.2 Å². The van der Waals surface area contributed by atoms with Crippen molar-refractivity contribution in [3.63, 3.8) is 0 Å². The van der Waals surface area contributed by atoms with Gasteiger partial charge in [0.05, 0.1) is 0 Å². The minimum Gasteiger partial charge on any atom is -0.508 e. The number of rotatable bonds is 4. The molecule has 2 rings (SSSR count). The summed E-state index contributed by atoms with van der Waals surface area (Å²) in [7, 11) is 0. The fourth-order valence-electron chi connectivity index (χ4n) is 3.03. The quantitative estimate of drug-likeness (QED) is 0.780. The minimum atomic E-state index is 0.107. The lowest BCUT2D eigenvalue weighted by Crippen LogP contribution is -2.46. The normalized spacial score (nSPS) is 21.5. The number of phenolic OH excluding ortho intramolecular Hbond substituents is 2. The molecule has 2 unspecified atom stereocenters. The first-order valence-corrected chi connectivity index (χ1v) is 7.11. The lowest BCUT2D eigenvalue weighted by Gasteiger charge is -2.38. The second kappa shape index (κ2) is 6.26. The molecule has 4 nitrogen and oxygen atoms in total. The summed E-state index contributed by atoms with van der Waals surface area (Å²) in [6.45, 7) is 7.34. The molecule has 1 fully saturated rings. The molecule has 1 heterocycles. The molecule has 4 heteroatoms. The number of likely N-dealkylation sites (N-methyl/N-ethyl adjacent to an activating group) is 1. The average molecular weight is 264 g/mol. The van der Waals surface area contributed by atoms with Crippen LogP contribution in [0.25, 0.3) is 0 Å². The van der Waals surface area contributed by atoms with Gasteiger partial charge < -0.3 is 15.5 Å². The maximum atomic E-state index is 10.0. The highest BCUT2D eigenvalue weighted by Gasteiger charge is 2.26. The largest absolute Gasteiger partial charge is 0.508 e. The molecule has 1 aromatic carbocycles. The number of hydrogen-bond donors (Lipinski definition) is 3. The Kier molecular flexibility index (Phi) is 4.66. The van der Waals surface area contributed by atoms with E-state index < -0.39 is 0 Å². The Bertz CT molecular complexity index is 417. The molecule has 1 aliphatic rings. The SMILES string of the molecule is CCN(C1CCCNC1)C(C)c1ccc(O)cc1O. The molecule has 0 saturated carbocycles. The second-order valence-electron chi connectivity index (χ2n) is 5.25. The molecule has 1 aromatic rings. The molecule has 106 valence electrons. The van der Waals surface area contributed by atoms with Gasteiger partial charge in [-0.1, -0.05) is 13.0 Å². The zero-order chi connectivity index (χ0) is 13.8. The Labute approximate surface area is 115 Å². The maximum absolute atomic E-state index is 10.0. The number of aromatic hydroxyl groups is 2. The molecule has 1 saturated heterocycles. The molecule has 0 spiro atoms. The summed E-state index contributed by atoms with van der Waals surface area (Å²) in [5.41, 5.74) is 0.880. The molecule has 3 N–H and O–H groups in total. The predicted octanol–water partition coefficient (Wildman–Crippen LogP) is 2.23. The van der Waals surface area contributed by atoms with Gasteiger partial charge in [0.25, 0.3) is 0 Å². The number of piperidine rings is 1. The van der Waals surface area contributed by atoms with Gasteiger partial charge >= 0.3 is 0 Å². The van der Waals surface area contributed by atoms with Crippen molar-refractivity contribution in [2.45, 2.75) is 38.8 Å². The molecule has 0 aliphatic carbocycles. The van der Waals surface area contributed by atoms with Gasteiger partial charge in [-0.3, -0.25) is 4.90 Å². The van der Waals surface area contributed by atoms with Crippen molar-refractivity contribution in [2.75, 3.05) is 19.6 Å². The third-order valence-electron chi connectivity index (χ3n) is 4.07. The van der Waals surface area contributed by atoms with Crippen molar-refractivity contribution < 1.29 is 10.2 Å². The first-order chi connectivity index (χ1) is 9.13. The average Bonchev–Trinajstić information content (AvgIpc) is 2.40. The van der Waals surface area contributed by atoms with Crippen LogP contribution in [0.4, 0.5) is 0 Å². The van der Waals surface area contributed by atoms with Crippen LogP contribution in [0, 0.1) is 0 Å². The van der Waals surface area contributed by atoms with Crippen LogP contribution in [-0.4, -0.2) is 40.8 Å². The van der Waals surface area contributed by atoms with Gasteiger partial charge in [0.15, 0.2) is 0 Å². The zero-order valence-corrected chi connectivity index (χ0v) is 11.8. The van der Waals surface area contributed by atoms with Gasteiger partial charge in [-0.05, 0) is 38.9 Å². The van der Waals surface area contributed by atoms with Crippen molar-refractivity contribution in [2.24, 2.45) is 0 Å². The Balaban J connectivity index is 2.17. The topological polar surface area (TPSA) is 55.7 Å². The highest BCUT2D eigenvalue weighted by atomic mass is 16.3. The Morgan fingerprint density at radius 1 is 1.42 bits per heavy atom. The van der Waals surface area contributed by atoms with Gasteiger partial charge in [0.1, 0.15) is 11.5 Å². The summed E-state index contributed by atoms with van der Waals surface area (Å²) in [5, 5.41) is 22.8. The van der Waals surface area contributed by atoms with Gasteiger partial charge in [0.2, 0.25) is 0 Å². The van der Waals surface area contributed by atoms with Crippen LogP contribution < -0.4 is 5.32 Å². The molecule has 2 atom stereocenters. The second-order valence-corrected chi connectivity index (χ2v) is 5.25. The first kappa shape index (κ1) is 14.2. The number of hydrogen-bond acceptors (Lipinski definition) is 4. The van der Waals surface area contributed by atoms with Crippen LogP contribution in [0.5, 0.6) is 11.5 Å². The van der Waals surface area contributed by atoms with Crippen molar-refractivity contribution >= 4 is 0 Å². The van der Waals surface area contributed by atoms with Crippen molar-refractivity contribution in [1.29, 1.82) is 0 Å². The molecule has 0 amide bonds. The van der Waals surface area contributed by atoms with Crippen molar-refractivity contribution in [3.8, 4) is 11.5 Å². The predicted molar refractivity (Wildman–Crippen MR) is 76.5 cm³/mol. The third-order valence-corrected chi connectivity index (χ3v) is 4.07. The van der Waals surface area contributed by atoms with Crippen LogP contribution in [0.3, 0.4) is 0 Å². The van der Waals surface area contributed by atoms with Crippen LogP contribution in [0.15, 0.2) is 18.2 Å². The Hall–Kier alpha value is -1.26. The summed E-state index contributed by atoms with van der Waals surface area (Å²) < 4.78 is 0. The first-order valence-electron chi connectivity index (χ1n) is 7.11. The van der Waals surface area contributed by atoms with E-state index >= 15 is 0 Å². The number of benzene rings is 1. The number of nitrogens with zero attached hydrogens (tertiary/aromatic N) is 1. The highest BCUT2D eigenvalue weighted by molar-refractivity contribution is 5.40. The lowest BCUT2D eigenvalue weighted by atomic mass is 9.99. The lowest BCUT2D eigenvalue weighted by molar-refractivity contribution is 0.126. The number of nitrogens with one attached hydrogen (secondary N) is 1. The molecule has 1 aliphatic heterocycles. The fourth-order valence-corrected chi connectivity index (χ4v) is 3.03. The summed E-state index contributed by atoms with van der Waals surface area (Å²) in [6.07, 6.45) is 2.40. The molecule has 0 bridgehead atoms. The molecular weight excluding hydrogens is 240 g/mol. The summed E-state index contributed by atoms with van der Waals surface area (Å²) in [5.74, 6) is 0.283. The van der Waals surface area contributed by atoms with E-state index in [4.69, 9.17) is 0 Å². The smallest absolute Gasteiger partial charge is 0.124 e. The van der Waals surface area contributed by atoms with E-state index in [-0.39, 0.29) is 17.5 Å². The zero-order valence-electron chi connectivity index (χ0n) is 11.8. The standard InChI is InChI=1S/C15H24N2O2/c1-3-17(12-5-4-8-16-10-12)11(2)14-7-6-13(18)9-15(14)19/h6-7,9,11-12,16,18-19H,3-5,8,10H2,1-2H3. The monoisotopic (exact) mass is 264 g/mol. The van der Waals surface area contributed by atoms with Crippen molar-refractivity contribution in [3.05, 3.63) is 23.8 Å². The van der Waals surface area contributed by atoms with Crippen LogP contribution >= 0.6 is 0 Å². The Morgan fingerprint density at radius 3 is 2.79 bits per heavy atom. The van der Waals surface area contributed by atoms with Crippen LogP contribution in [-0.2, 0) is 0 Å². The third kappa shape index (κ3) is 3.19. The van der Waals surface area contributed by atoms with Gasteiger partial charge in [-0.25, -0.2) is 0 Å². The summed E-state index contributed by atoms with van der Waals surface area (Å²) in [4.78, 5) is 2.41. The van der Waals surface area contributed by atoms with Gasteiger partial charge in [0, 0.05) is 30.3 Å². The molecule has 19 heavy (non-hydrogen) atoms.